The van der Waals surface area contributed by atoms with Crippen LogP contribution in [0.2, 0.25) is 0 Å². The standard InChI is InChI=1S/C23H27FN6O2.C20H20ClFN6O/c1-23(2,3)32-22(31)30-12-4-5-16(13-30)26-20-19-18(28-21(25)29-20)11-10-17(27-19)14-6-8-15(24)9-7-14;1-12(21)19(29)28-10-8-27(9-11-28)18-17-16(25-20(23)26-18)7-6-15(24-17)13-2-4-14(22)5-3-13/h6-11,16H,4-5,12-13H2,1-3H3,(H3,25,26,28,29);2-7,12H,8-11H2,1H3,(H2,23,25,26). The van der Waals surface area contributed by atoms with E-state index in [2.05, 4.69) is 25.3 Å². The van der Waals surface area contributed by atoms with Gasteiger partial charge in [0.05, 0.1) is 22.4 Å². The maximum absolute atomic E-state index is 13.3. The third-order valence-corrected chi connectivity index (χ3v) is 10.2. The molecule has 0 radical (unpaired) electrons. The first kappa shape index (κ1) is 42.6. The Hall–Kier alpha value is -6.49. The molecule has 0 aliphatic carbocycles. The molecule has 2 aromatic carbocycles. The molecule has 2 saturated heterocycles. The highest BCUT2D eigenvalue weighted by molar-refractivity contribution is 6.30. The van der Waals surface area contributed by atoms with Crippen LogP contribution in [0.5, 0.6) is 0 Å². The number of rotatable bonds is 6. The summed E-state index contributed by atoms with van der Waals surface area (Å²) in [5, 5.41) is 2.85. The molecule has 6 heterocycles. The number of nitrogens with zero attached hydrogens (tertiary/aromatic N) is 9. The third kappa shape index (κ3) is 10.5. The molecular weight excluding hydrogens is 806 g/mol. The Balaban J connectivity index is 0.000000185. The maximum Gasteiger partial charge on any atom is 0.410 e. The predicted molar refractivity (Wildman–Crippen MR) is 233 cm³/mol. The highest BCUT2D eigenvalue weighted by Crippen LogP contribution is 2.29. The van der Waals surface area contributed by atoms with Crippen molar-refractivity contribution >= 4 is 69.2 Å². The number of piperidine rings is 1. The van der Waals surface area contributed by atoms with Crippen LogP contribution in [0.1, 0.15) is 40.5 Å². The van der Waals surface area contributed by atoms with Crippen molar-refractivity contribution in [3.63, 3.8) is 0 Å². The molecule has 2 unspecified atom stereocenters. The Morgan fingerprint density at radius 2 is 1.28 bits per heavy atom. The molecule has 15 nitrogen and oxygen atoms in total. The number of hydrogen-bond acceptors (Lipinski definition) is 13. The molecule has 318 valence electrons. The molecule has 2 aliphatic rings. The average molecular weight is 853 g/mol. The van der Waals surface area contributed by atoms with Crippen molar-refractivity contribution in [1.82, 2.24) is 39.7 Å². The van der Waals surface area contributed by atoms with Crippen LogP contribution in [0, 0.1) is 11.6 Å². The highest BCUT2D eigenvalue weighted by Gasteiger charge is 2.29. The van der Waals surface area contributed by atoms with Gasteiger partial charge in [0.2, 0.25) is 17.8 Å². The molecule has 2 atom stereocenters. The highest BCUT2D eigenvalue weighted by atomic mass is 35.5. The van der Waals surface area contributed by atoms with Crippen LogP contribution < -0.4 is 21.7 Å². The van der Waals surface area contributed by atoms with E-state index in [1.54, 1.807) is 41.0 Å². The lowest BCUT2D eigenvalue weighted by atomic mass is 10.1. The van der Waals surface area contributed by atoms with Crippen LogP contribution in [0.25, 0.3) is 44.6 Å². The van der Waals surface area contributed by atoms with E-state index in [1.807, 2.05) is 49.9 Å². The van der Waals surface area contributed by atoms with E-state index < -0.39 is 11.0 Å². The summed E-state index contributed by atoms with van der Waals surface area (Å²) in [6.45, 7) is 10.6. The minimum atomic E-state index is -0.546. The number of nitrogens with one attached hydrogen (secondary N) is 1. The summed E-state index contributed by atoms with van der Waals surface area (Å²) >= 11 is 5.92. The van der Waals surface area contributed by atoms with Gasteiger partial charge in [0.1, 0.15) is 33.6 Å². The number of carbonyl (C=O) groups is 2. The molecule has 2 fully saturated rings. The van der Waals surface area contributed by atoms with E-state index in [4.69, 9.17) is 37.8 Å². The van der Waals surface area contributed by atoms with Gasteiger partial charge < -0.3 is 36.2 Å². The third-order valence-electron chi connectivity index (χ3n) is 10.0. The SMILES string of the molecule is CC(C)(C)OC(=O)N1CCCC(Nc2nc(N)nc3ccc(-c4ccc(F)cc4)nc23)C1.CC(Cl)C(=O)N1CCN(c2nc(N)nc3ccc(-c4ccc(F)cc4)nc23)CC1. The van der Waals surface area contributed by atoms with Crippen LogP contribution in [0.3, 0.4) is 0 Å². The summed E-state index contributed by atoms with van der Waals surface area (Å²) in [7, 11) is 0. The van der Waals surface area contributed by atoms with Crippen molar-refractivity contribution in [3.8, 4) is 22.5 Å². The lowest BCUT2D eigenvalue weighted by Crippen LogP contribution is -2.50. The van der Waals surface area contributed by atoms with Crippen LogP contribution in [-0.2, 0) is 9.53 Å². The van der Waals surface area contributed by atoms with Gasteiger partial charge in [-0.1, -0.05) is 0 Å². The van der Waals surface area contributed by atoms with Gasteiger partial charge in [-0.2, -0.15) is 9.97 Å². The lowest BCUT2D eigenvalue weighted by molar-refractivity contribution is -0.130. The number of nitrogens with two attached hydrogens (primary N) is 2. The van der Waals surface area contributed by atoms with Crippen LogP contribution in [0.4, 0.5) is 37.1 Å². The Kier molecular flexibility index (Phi) is 12.6. The number of amides is 2. The van der Waals surface area contributed by atoms with Gasteiger partial charge in [0.15, 0.2) is 11.6 Å². The number of halogens is 3. The molecule has 61 heavy (non-hydrogen) atoms. The lowest BCUT2D eigenvalue weighted by Gasteiger charge is -2.36. The zero-order chi connectivity index (χ0) is 43.4. The number of likely N-dealkylation sites (tertiary alicyclic amines) is 1. The smallest absolute Gasteiger partial charge is 0.410 e. The summed E-state index contributed by atoms with van der Waals surface area (Å²) in [4.78, 5) is 56.9. The topological polar surface area (TPSA) is 194 Å². The van der Waals surface area contributed by atoms with E-state index in [-0.39, 0.29) is 41.6 Å². The molecular formula is C43H47ClF2N12O3. The fourth-order valence-electron chi connectivity index (χ4n) is 7.10. The zero-order valence-electron chi connectivity index (χ0n) is 34.3. The number of alkyl halides is 1. The Morgan fingerprint density at radius 1 is 0.738 bits per heavy atom. The number of carbonyl (C=O) groups excluding carboxylic acids is 2. The molecule has 2 amide bonds. The van der Waals surface area contributed by atoms with Gasteiger partial charge in [-0.25, -0.2) is 33.5 Å². The Labute approximate surface area is 356 Å². The number of aromatic nitrogens is 6. The van der Waals surface area contributed by atoms with E-state index >= 15 is 0 Å². The minimum Gasteiger partial charge on any atom is -0.444 e. The van der Waals surface area contributed by atoms with E-state index in [9.17, 15) is 18.4 Å². The van der Waals surface area contributed by atoms with Crippen LogP contribution >= 0.6 is 11.6 Å². The van der Waals surface area contributed by atoms with Crippen molar-refractivity contribution in [2.45, 2.75) is 57.6 Å². The number of pyridine rings is 2. The van der Waals surface area contributed by atoms with Gasteiger partial charge in [0.25, 0.3) is 0 Å². The Bertz CT molecular complexity index is 2530. The number of nitrogen functional groups attached to an aromatic ring is 2. The molecule has 2 aliphatic heterocycles. The summed E-state index contributed by atoms with van der Waals surface area (Å²) in [6, 6.07) is 19.5. The zero-order valence-corrected chi connectivity index (χ0v) is 35.0. The largest absolute Gasteiger partial charge is 0.444 e. The number of ether oxygens (including phenoxy) is 1. The van der Waals surface area contributed by atoms with Gasteiger partial charge in [-0.15, -0.1) is 11.6 Å². The number of piperazine rings is 1. The fourth-order valence-corrected chi connectivity index (χ4v) is 7.24. The van der Waals surface area contributed by atoms with Crippen molar-refractivity contribution in [1.29, 1.82) is 0 Å². The molecule has 4 aromatic heterocycles. The number of hydrogen-bond donors (Lipinski definition) is 3. The molecule has 6 aromatic rings. The summed E-state index contributed by atoms with van der Waals surface area (Å²) < 4.78 is 32.1. The normalized spacial score (nSPS) is 16.2. The maximum atomic E-state index is 13.3. The van der Waals surface area contributed by atoms with E-state index in [0.717, 1.165) is 24.0 Å². The molecule has 8 rings (SSSR count). The predicted octanol–water partition coefficient (Wildman–Crippen LogP) is 6.91. The van der Waals surface area contributed by atoms with Gasteiger partial charge in [-0.3, -0.25) is 4.79 Å². The molecule has 5 N–H and O–H groups in total. The summed E-state index contributed by atoms with van der Waals surface area (Å²) in [5.74, 6) is 0.753. The second-order valence-electron chi connectivity index (χ2n) is 15.8. The fraction of sp³-hybridized carbons (Fsp3) is 0.349. The van der Waals surface area contributed by atoms with Gasteiger partial charge >= 0.3 is 6.09 Å². The monoisotopic (exact) mass is 852 g/mol. The summed E-state index contributed by atoms with van der Waals surface area (Å²) in [6.07, 6.45) is 1.37. The van der Waals surface area contributed by atoms with E-state index in [1.165, 1.54) is 24.3 Å². The first-order valence-corrected chi connectivity index (χ1v) is 20.4. The van der Waals surface area contributed by atoms with Crippen molar-refractivity contribution in [3.05, 3.63) is 84.4 Å². The van der Waals surface area contributed by atoms with E-state index in [0.29, 0.717) is 84.4 Å². The Morgan fingerprint density at radius 3 is 1.84 bits per heavy atom. The van der Waals surface area contributed by atoms with Gasteiger partial charge in [0, 0.05) is 56.4 Å². The average Bonchev–Trinajstić information content (AvgIpc) is 3.23. The van der Waals surface area contributed by atoms with Crippen molar-refractivity contribution in [2.24, 2.45) is 0 Å². The first-order chi connectivity index (χ1) is 29.1. The second kappa shape index (κ2) is 18.0. The van der Waals surface area contributed by atoms with Crippen LogP contribution in [0.15, 0.2) is 72.8 Å². The van der Waals surface area contributed by atoms with Gasteiger partial charge in [-0.05, 0) is 113 Å². The molecule has 0 bridgehead atoms. The van der Waals surface area contributed by atoms with Crippen molar-refractivity contribution < 1.29 is 23.1 Å². The molecule has 18 heteroatoms. The number of anilines is 4. The summed E-state index contributed by atoms with van der Waals surface area (Å²) in [5.41, 5.74) is 16.6. The molecule has 0 saturated carbocycles. The second-order valence-corrected chi connectivity index (χ2v) is 16.5. The molecule has 0 spiro atoms. The van der Waals surface area contributed by atoms with Crippen molar-refractivity contribution in [2.75, 3.05) is 61.0 Å². The minimum absolute atomic E-state index is 0.0370. The number of fused-ring (bicyclic) bond motifs is 2. The quantitative estimate of drug-likeness (QED) is 0.146. The van der Waals surface area contributed by atoms with Crippen LogP contribution in [-0.4, -0.2) is 108 Å². The first-order valence-electron chi connectivity index (χ1n) is 19.9. The number of benzene rings is 2.